The number of hydrogen-bond donors (Lipinski definition) is 4. The zero-order chi connectivity index (χ0) is 26.7. The summed E-state index contributed by atoms with van der Waals surface area (Å²) in [6.07, 6.45) is -5.41. The van der Waals surface area contributed by atoms with Crippen molar-refractivity contribution in [1.82, 2.24) is 14.6 Å². The molecule has 1 aliphatic heterocycles. The fourth-order valence-corrected chi connectivity index (χ4v) is 5.10. The predicted octanol–water partition coefficient (Wildman–Crippen LogP) is 1.45. The monoisotopic (exact) mass is 531 g/mol. The van der Waals surface area contributed by atoms with Gasteiger partial charge in [0.2, 0.25) is 0 Å². The molecule has 14 heteroatoms. The number of ether oxygens (including phenoxy) is 2. The number of H-pyrrole nitrogens is 1. The van der Waals surface area contributed by atoms with Crippen LogP contribution in [0.1, 0.15) is 33.9 Å². The lowest BCUT2D eigenvalue weighted by molar-refractivity contribution is -0.138. The minimum absolute atomic E-state index is 0.181. The zero-order valence-corrected chi connectivity index (χ0v) is 21.1. The van der Waals surface area contributed by atoms with Crippen molar-refractivity contribution in [3.05, 3.63) is 63.4 Å². The summed E-state index contributed by atoms with van der Waals surface area (Å²) in [5.74, 6) is 0.181. The van der Waals surface area contributed by atoms with Gasteiger partial charge in [0.1, 0.15) is 18.0 Å². The Balaban J connectivity index is 1.79. The molecule has 7 unspecified atom stereocenters. The molecule has 1 saturated heterocycles. The Bertz CT molecular complexity index is 1170. The van der Waals surface area contributed by atoms with Crippen LogP contribution in [0.2, 0.25) is 0 Å². The van der Waals surface area contributed by atoms with E-state index < -0.39 is 62.0 Å². The molecule has 36 heavy (non-hydrogen) atoms. The summed E-state index contributed by atoms with van der Waals surface area (Å²) in [4.78, 5) is 25.5. The normalized spacial score (nSPS) is 27.5. The first kappa shape index (κ1) is 28.2. The van der Waals surface area contributed by atoms with Crippen molar-refractivity contribution >= 4 is 7.75 Å². The number of benzene rings is 1. The molecule has 1 aromatic heterocycles. The molecule has 2 heterocycles. The summed E-state index contributed by atoms with van der Waals surface area (Å²) < 4.78 is 51.7. The SMILES string of the molecule is CC(C)OC(O)C(C)NP(=O)(OCC1OC(n2ccc(=O)[nH]c2=O)C(C)(F)C1O)Oc1ccccc1. The second-order valence-corrected chi connectivity index (χ2v) is 10.5. The number of hydrogen-bond acceptors (Lipinski definition) is 9. The van der Waals surface area contributed by atoms with Crippen molar-refractivity contribution in [3.8, 4) is 5.75 Å². The van der Waals surface area contributed by atoms with E-state index in [1.54, 1.807) is 32.0 Å². The Morgan fingerprint density at radius 1 is 1.25 bits per heavy atom. The third-order valence-electron chi connectivity index (χ3n) is 5.40. The molecule has 0 aliphatic carbocycles. The molecule has 1 fully saturated rings. The summed E-state index contributed by atoms with van der Waals surface area (Å²) in [7, 11) is -4.24. The van der Waals surface area contributed by atoms with E-state index in [0.717, 1.165) is 23.8 Å². The van der Waals surface area contributed by atoms with Crippen LogP contribution in [0.25, 0.3) is 0 Å². The van der Waals surface area contributed by atoms with Crippen LogP contribution in [0.5, 0.6) is 5.75 Å². The van der Waals surface area contributed by atoms with E-state index in [1.165, 1.54) is 19.1 Å². The van der Waals surface area contributed by atoms with E-state index >= 15 is 4.39 Å². The number of aliphatic hydroxyl groups excluding tert-OH is 2. The molecular formula is C22H31FN3O9P. The lowest BCUT2D eigenvalue weighted by Gasteiger charge is -2.28. The molecule has 2 aromatic rings. The second-order valence-electron chi connectivity index (χ2n) is 8.83. The van der Waals surface area contributed by atoms with E-state index in [9.17, 15) is 24.4 Å². The fourth-order valence-electron chi connectivity index (χ4n) is 3.55. The maximum atomic E-state index is 15.4. The first-order valence-corrected chi connectivity index (χ1v) is 12.8. The molecule has 0 spiro atoms. The number of rotatable bonds is 11. The minimum atomic E-state index is -4.24. The topological polar surface area (TPSA) is 161 Å². The van der Waals surface area contributed by atoms with Crippen LogP contribution in [-0.2, 0) is 18.6 Å². The van der Waals surface area contributed by atoms with Crippen molar-refractivity contribution in [3.63, 3.8) is 0 Å². The highest BCUT2D eigenvalue weighted by atomic mass is 31.2. The summed E-state index contributed by atoms with van der Waals surface area (Å²) in [5.41, 5.74) is -4.08. The van der Waals surface area contributed by atoms with Crippen LogP contribution in [0, 0.1) is 0 Å². The summed E-state index contributed by atoms with van der Waals surface area (Å²) in [6.45, 7) is 5.34. The Kier molecular flexibility index (Phi) is 8.88. The Labute approximate surface area is 206 Å². The van der Waals surface area contributed by atoms with Crippen LogP contribution < -0.4 is 20.9 Å². The number of nitrogens with one attached hydrogen (secondary N) is 2. The molecule has 7 atom stereocenters. The van der Waals surface area contributed by atoms with Crippen molar-refractivity contribution in [2.45, 2.75) is 70.2 Å². The number of aromatic nitrogens is 2. The fraction of sp³-hybridized carbons (Fsp3) is 0.545. The molecule has 4 N–H and O–H groups in total. The van der Waals surface area contributed by atoms with E-state index in [2.05, 4.69) is 5.09 Å². The highest BCUT2D eigenvalue weighted by Crippen LogP contribution is 2.47. The van der Waals surface area contributed by atoms with Gasteiger partial charge in [-0.25, -0.2) is 18.8 Å². The van der Waals surface area contributed by atoms with E-state index in [4.69, 9.17) is 18.5 Å². The minimum Gasteiger partial charge on any atom is -0.413 e. The van der Waals surface area contributed by atoms with Gasteiger partial charge in [0.15, 0.2) is 18.2 Å². The number of alkyl halides is 1. The summed E-state index contributed by atoms with van der Waals surface area (Å²) >= 11 is 0. The van der Waals surface area contributed by atoms with Gasteiger partial charge in [0.05, 0.1) is 18.8 Å². The third-order valence-corrected chi connectivity index (χ3v) is 7.06. The Hall–Kier alpha value is -2.38. The predicted molar refractivity (Wildman–Crippen MR) is 126 cm³/mol. The number of para-hydroxylation sites is 1. The quantitative estimate of drug-likeness (QED) is 0.247. The van der Waals surface area contributed by atoms with Gasteiger partial charge in [-0.15, -0.1) is 0 Å². The zero-order valence-electron chi connectivity index (χ0n) is 20.2. The smallest absolute Gasteiger partial charge is 0.413 e. The van der Waals surface area contributed by atoms with Crippen molar-refractivity contribution < 1.29 is 37.7 Å². The van der Waals surface area contributed by atoms with Crippen LogP contribution in [0.3, 0.4) is 0 Å². The molecule has 0 bridgehead atoms. The van der Waals surface area contributed by atoms with E-state index in [-0.39, 0.29) is 11.9 Å². The molecular weight excluding hydrogens is 500 g/mol. The van der Waals surface area contributed by atoms with E-state index in [1.807, 2.05) is 4.98 Å². The lowest BCUT2D eigenvalue weighted by atomic mass is 9.98. The van der Waals surface area contributed by atoms with Crippen LogP contribution in [0.4, 0.5) is 4.39 Å². The number of nitrogens with zero attached hydrogens (tertiary/aromatic N) is 1. The molecule has 12 nitrogen and oxygen atoms in total. The lowest BCUT2D eigenvalue weighted by Crippen LogP contribution is -2.44. The van der Waals surface area contributed by atoms with Crippen molar-refractivity contribution in [2.75, 3.05) is 6.61 Å². The van der Waals surface area contributed by atoms with Gasteiger partial charge in [-0.1, -0.05) is 18.2 Å². The van der Waals surface area contributed by atoms with Crippen molar-refractivity contribution in [1.29, 1.82) is 0 Å². The van der Waals surface area contributed by atoms with Gasteiger partial charge in [0.25, 0.3) is 5.56 Å². The highest BCUT2D eigenvalue weighted by molar-refractivity contribution is 7.52. The molecule has 200 valence electrons. The second kappa shape index (κ2) is 11.3. The largest absolute Gasteiger partial charge is 0.459 e. The van der Waals surface area contributed by atoms with Gasteiger partial charge in [-0.2, -0.15) is 0 Å². The van der Waals surface area contributed by atoms with Gasteiger partial charge >= 0.3 is 13.4 Å². The molecule has 3 rings (SSSR count). The Morgan fingerprint density at radius 2 is 1.92 bits per heavy atom. The number of halogens is 1. The molecule has 1 aliphatic rings. The molecule has 0 radical (unpaired) electrons. The highest BCUT2D eigenvalue weighted by Gasteiger charge is 2.55. The first-order valence-electron chi connectivity index (χ1n) is 11.3. The van der Waals surface area contributed by atoms with Crippen LogP contribution in [-0.4, -0.2) is 62.7 Å². The maximum Gasteiger partial charge on any atom is 0.459 e. The molecule has 0 saturated carbocycles. The summed E-state index contributed by atoms with van der Waals surface area (Å²) in [6, 6.07) is 8.15. The third kappa shape index (κ3) is 6.68. The van der Waals surface area contributed by atoms with Crippen LogP contribution in [0.15, 0.2) is 52.2 Å². The standard InChI is InChI=1S/C22H31FN3O9P/c1-13(2)33-19(29)14(3)25-36(31,35-15-8-6-5-7-9-15)32-12-16-18(28)22(4,23)20(34-16)26-11-10-17(27)24-21(26)30/h5-11,13-14,16,18-20,28-29H,12H2,1-4H3,(H,25,31)(H,24,27,30). The van der Waals surface area contributed by atoms with Gasteiger partial charge in [-0.3, -0.25) is 18.9 Å². The average molecular weight is 531 g/mol. The maximum absolute atomic E-state index is 15.4. The molecule has 1 aromatic carbocycles. The summed E-state index contributed by atoms with van der Waals surface area (Å²) in [5, 5.41) is 23.4. The Morgan fingerprint density at radius 3 is 2.53 bits per heavy atom. The van der Waals surface area contributed by atoms with Crippen molar-refractivity contribution in [2.24, 2.45) is 0 Å². The van der Waals surface area contributed by atoms with Gasteiger partial charge in [0, 0.05) is 12.3 Å². The van der Waals surface area contributed by atoms with Crippen LogP contribution >= 0.6 is 7.75 Å². The molecule has 0 amide bonds. The van der Waals surface area contributed by atoms with E-state index in [0.29, 0.717) is 0 Å². The first-order chi connectivity index (χ1) is 16.8. The van der Waals surface area contributed by atoms with Gasteiger partial charge < -0.3 is 24.2 Å². The number of aromatic amines is 1. The average Bonchev–Trinajstić information content (AvgIpc) is 3.01. The van der Waals surface area contributed by atoms with Gasteiger partial charge in [-0.05, 0) is 39.8 Å². The number of aliphatic hydroxyl groups is 2.